The van der Waals surface area contributed by atoms with Crippen LogP contribution >= 0.6 is 12.2 Å². The predicted molar refractivity (Wildman–Crippen MR) is 76.0 cm³/mol. The van der Waals surface area contributed by atoms with Crippen LogP contribution in [0.3, 0.4) is 0 Å². The molecule has 0 aromatic heterocycles. The second-order valence-corrected chi connectivity index (χ2v) is 7.86. The van der Waals surface area contributed by atoms with Crippen molar-refractivity contribution < 1.29 is 8.42 Å². The van der Waals surface area contributed by atoms with Crippen molar-refractivity contribution in [1.29, 1.82) is 0 Å². The maximum absolute atomic E-state index is 12.3. The van der Waals surface area contributed by atoms with Gasteiger partial charge in [-0.15, -0.1) is 0 Å². The first-order chi connectivity index (χ1) is 8.43. The number of nitrogens with zero attached hydrogens (tertiary/aromatic N) is 2. The highest BCUT2D eigenvalue weighted by Crippen LogP contribution is 2.24. The van der Waals surface area contributed by atoms with Crippen molar-refractivity contribution in [1.82, 2.24) is 9.21 Å². The fraction of sp³-hybridized carbons (Fsp3) is 0.909. The molecule has 0 bridgehead atoms. The van der Waals surface area contributed by atoms with Gasteiger partial charge in [-0.1, -0.05) is 12.2 Å². The first-order valence-electron chi connectivity index (χ1n) is 6.45. The first kappa shape index (κ1) is 14.2. The molecule has 0 aliphatic carbocycles. The van der Waals surface area contributed by atoms with Crippen molar-refractivity contribution in [3.63, 3.8) is 0 Å². The van der Waals surface area contributed by atoms with Crippen molar-refractivity contribution in [2.24, 2.45) is 5.73 Å². The zero-order valence-corrected chi connectivity index (χ0v) is 12.3. The number of hydrogen-bond donors (Lipinski definition) is 1. The maximum atomic E-state index is 12.3. The molecule has 2 heterocycles. The highest BCUT2D eigenvalue weighted by molar-refractivity contribution is 7.92. The van der Waals surface area contributed by atoms with Gasteiger partial charge >= 0.3 is 0 Å². The van der Waals surface area contributed by atoms with Gasteiger partial charge in [0.25, 0.3) is 0 Å². The van der Waals surface area contributed by atoms with Crippen LogP contribution in [0, 0.1) is 0 Å². The van der Waals surface area contributed by atoms with Gasteiger partial charge in [-0.3, -0.25) is 4.90 Å². The minimum absolute atomic E-state index is 0.0552. The Morgan fingerprint density at radius 1 is 1.33 bits per heavy atom. The van der Waals surface area contributed by atoms with Crippen LogP contribution in [0.15, 0.2) is 0 Å². The van der Waals surface area contributed by atoms with Gasteiger partial charge in [0.15, 0.2) is 0 Å². The Bertz CT molecular complexity index is 418. The average Bonchev–Trinajstić information content (AvgIpc) is 2.97. The van der Waals surface area contributed by atoms with Gasteiger partial charge in [0.2, 0.25) is 10.0 Å². The summed E-state index contributed by atoms with van der Waals surface area (Å²) in [5.41, 5.74) is 5.46. The van der Waals surface area contributed by atoms with Crippen molar-refractivity contribution in [3.05, 3.63) is 0 Å². The topological polar surface area (TPSA) is 66.6 Å². The number of nitrogens with two attached hydrogens (primary N) is 1. The Labute approximate surface area is 114 Å². The van der Waals surface area contributed by atoms with Crippen LogP contribution in [-0.2, 0) is 10.0 Å². The second-order valence-electron chi connectivity index (χ2n) is 5.13. The van der Waals surface area contributed by atoms with E-state index in [0.29, 0.717) is 19.1 Å². The summed E-state index contributed by atoms with van der Waals surface area (Å²) in [5.74, 6) is 0. The number of sulfonamides is 1. The lowest BCUT2D eigenvalue weighted by molar-refractivity contribution is 0.251. The van der Waals surface area contributed by atoms with E-state index in [1.54, 1.807) is 11.2 Å². The maximum Gasteiger partial charge on any atom is 0.223 e. The number of thiocarbonyl (C=S) groups is 1. The lowest BCUT2D eigenvalue weighted by atomic mass is 10.2. The summed E-state index contributed by atoms with van der Waals surface area (Å²) in [6.45, 7) is 4.96. The molecule has 2 aliphatic rings. The van der Waals surface area contributed by atoms with E-state index < -0.39 is 15.3 Å². The summed E-state index contributed by atoms with van der Waals surface area (Å²) in [7, 11) is -3.36. The highest BCUT2D eigenvalue weighted by atomic mass is 32.2. The molecule has 0 aromatic rings. The molecule has 2 N–H and O–H groups in total. The molecule has 5 nitrogen and oxygen atoms in total. The molecule has 2 saturated heterocycles. The molecule has 2 rings (SSSR count). The molecule has 0 amide bonds. The molecule has 104 valence electrons. The lowest BCUT2D eigenvalue weighted by Crippen LogP contribution is -2.43. The summed E-state index contributed by atoms with van der Waals surface area (Å²) in [6, 6.07) is 0.376. The number of likely N-dealkylation sites (tertiary alicyclic amines) is 1. The highest BCUT2D eigenvalue weighted by Gasteiger charge is 2.38. The monoisotopic (exact) mass is 291 g/mol. The fourth-order valence-corrected chi connectivity index (χ4v) is 4.56. The van der Waals surface area contributed by atoms with Crippen molar-refractivity contribution in [3.8, 4) is 0 Å². The van der Waals surface area contributed by atoms with E-state index in [9.17, 15) is 8.42 Å². The standard InChI is InChI=1S/C11H21N3O2S2/c1-9(11(12)17)18(15,16)14-7-4-10(8-14)13-5-2-3-6-13/h9-10H,2-8H2,1H3,(H2,12,17). The molecule has 0 saturated carbocycles. The van der Waals surface area contributed by atoms with E-state index in [1.165, 1.54) is 12.8 Å². The number of hydrogen-bond acceptors (Lipinski definition) is 4. The summed E-state index contributed by atoms with van der Waals surface area (Å²) in [4.78, 5) is 2.46. The summed E-state index contributed by atoms with van der Waals surface area (Å²) < 4.78 is 26.1. The van der Waals surface area contributed by atoms with Gasteiger partial charge in [-0.2, -0.15) is 4.31 Å². The molecular weight excluding hydrogens is 270 g/mol. The van der Waals surface area contributed by atoms with Gasteiger partial charge < -0.3 is 5.73 Å². The Morgan fingerprint density at radius 2 is 1.94 bits per heavy atom. The zero-order valence-electron chi connectivity index (χ0n) is 10.7. The third-order valence-corrected chi connectivity index (χ3v) is 6.69. The van der Waals surface area contributed by atoms with Crippen LogP contribution in [0.2, 0.25) is 0 Å². The van der Waals surface area contributed by atoms with Crippen LogP contribution < -0.4 is 5.73 Å². The van der Waals surface area contributed by atoms with E-state index in [-0.39, 0.29) is 4.99 Å². The molecule has 0 spiro atoms. The van der Waals surface area contributed by atoms with Crippen LogP contribution in [-0.4, -0.2) is 60.1 Å². The quantitative estimate of drug-likeness (QED) is 0.748. The van der Waals surface area contributed by atoms with Crippen molar-refractivity contribution >= 4 is 27.2 Å². The first-order valence-corrected chi connectivity index (χ1v) is 8.36. The molecule has 2 fully saturated rings. The molecule has 2 unspecified atom stereocenters. The smallest absolute Gasteiger partial charge is 0.223 e. The van der Waals surface area contributed by atoms with Gasteiger partial charge in [-0.05, 0) is 39.3 Å². The molecule has 18 heavy (non-hydrogen) atoms. The predicted octanol–water partition coefficient (Wildman–Crippen LogP) is 0.161. The zero-order chi connectivity index (χ0) is 13.3. The average molecular weight is 291 g/mol. The molecular formula is C11H21N3O2S2. The lowest BCUT2D eigenvalue weighted by Gasteiger charge is -2.24. The summed E-state index contributed by atoms with van der Waals surface area (Å²) in [6.07, 6.45) is 3.38. The van der Waals surface area contributed by atoms with E-state index in [4.69, 9.17) is 18.0 Å². The van der Waals surface area contributed by atoms with Crippen molar-refractivity contribution in [2.45, 2.75) is 37.5 Å². The molecule has 2 atom stereocenters. The van der Waals surface area contributed by atoms with Crippen molar-refractivity contribution in [2.75, 3.05) is 26.2 Å². The molecule has 7 heteroatoms. The molecule has 0 radical (unpaired) electrons. The molecule has 2 aliphatic heterocycles. The third-order valence-electron chi connectivity index (χ3n) is 3.99. The Balaban J connectivity index is 2.01. The molecule has 0 aromatic carbocycles. The Hall–Kier alpha value is -0.240. The van der Waals surface area contributed by atoms with Gasteiger partial charge in [0.1, 0.15) is 5.25 Å². The van der Waals surface area contributed by atoms with Gasteiger partial charge in [-0.25, -0.2) is 8.42 Å². The minimum atomic E-state index is -3.36. The van der Waals surface area contributed by atoms with Gasteiger partial charge in [0.05, 0.1) is 4.99 Å². The fourth-order valence-electron chi connectivity index (χ4n) is 2.72. The van der Waals surface area contributed by atoms with Gasteiger partial charge in [0, 0.05) is 19.1 Å². The SMILES string of the molecule is CC(C(N)=S)S(=O)(=O)N1CCC(N2CCCC2)C1. The normalized spacial score (nSPS) is 28.6. The summed E-state index contributed by atoms with van der Waals surface area (Å²) >= 11 is 4.80. The Morgan fingerprint density at radius 3 is 2.50 bits per heavy atom. The van der Waals surface area contributed by atoms with E-state index >= 15 is 0 Å². The minimum Gasteiger partial charge on any atom is -0.392 e. The second kappa shape index (κ2) is 5.40. The van der Waals surface area contributed by atoms with Crippen LogP contribution in [0.5, 0.6) is 0 Å². The Kier molecular flexibility index (Phi) is 4.25. The van der Waals surface area contributed by atoms with E-state index in [1.807, 2.05) is 0 Å². The largest absolute Gasteiger partial charge is 0.392 e. The van der Waals surface area contributed by atoms with E-state index in [2.05, 4.69) is 4.90 Å². The summed E-state index contributed by atoms with van der Waals surface area (Å²) in [5, 5.41) is -0.759. The van der Waals surface area contributed by atoms with Crippen LogP contribution in [0.25, 0.3) is 0 Å². The van der Waals surface area contributed by atoms with Crippen LogP contribution in [0.4, 0.5) is 0 Å². The number of rotatable bonds is 4. The van der Waals surface area contributed by atoms with Crippen LogP contribution in [0.1, 0.15) is 26.2 Å². The van der Waals surface area contributed by atoms with E-state index in [0.717, 1.165) is 19.5 Å². The third kappa shape index (κ3) is 2.68.